The molecule has 0 radical (unpaired) electrons. The second kappa shape index (κ2) is 7.06. The molecule has 7 heteroatoms. The van der Waals surface area contributed by atoms with E-state index in [2.05, 4.69) is 5.10 Å². The summed E-state index contributed by atoms with van der Waals surface area (Å²) in [5.74, 6) is -0.382. The van der Waals surface area contributed by atoms with E-state index in [1.54, 1.807) is 16.5 Å². The Morgan fingerprint density at radius 1 is 1.32 bits per heavy atom. The van der Waals surface area contributed by atoms with Crippen LogP contribution in [0.1, 0.15) is 82.2 Å². The van der Waals surface area contributed by atoms with Gasteiger partial charge in [0, 0.05) is 24.1 Å². The molecular weight excluding hydrogens is 322 g/mol. The Morgan fingerprint density at radius 2 is 1.96 bits per heavy atom. The van der Waals surface area contributed by atoms with Gasteiger partial charge in [0.25, 0.3) is 0 Å². The Balaban J connectivity index is 2.41. The number of fused-ring (bicyclic) bond motifs is 1. The second-order valence-corrected chi connectivity index (χ2v) is 7.73. The zero-order valence-corrected chi connectivity index (χ0v) is 16.3. The molecule has 140 valence electrons. The number of carbonyl (C=O) groups is 2. The average molecular weight is 351 g/mol. The summed E-state index contributed by atoms with van der Waals surface area (Å²) in [4.78, 5) is 26.6. The van der Waals surface area contributed by atoms with Crippen LogP contribution in [-0.4, -0.2) is 45.5 Å². The van der Waals surface area contributed by atoms with Crippen LogP contribution >= 0.6 is 0 Å². The molecule has 0 N–H and O–H groups in total. The van der Waals surface area contributed by atoms with Crippen LogP contribution in [0.3, 0.4) is 0 Å². The van der Waals surface area contributed by atoms with Gasteiger partial charge in [-0.15, -0.1) is 0 Å². The number of ether oxygens (including phenoxy) is 2. The first-order valence-corrected chi connectivity index (χ1v) is 8.81. The van der Waals surface area contributed by atoms with Gasteiger partial charge in [0.2, 0.25) is 0 Å². The molecule has 2 rings (SSSR count). The predicted molar refractivity (Wildman–Crippen MR) is 93.6 cm³/mol. The maximum atomic E-state index is 12.5. The van der Waals surface area contributed by atoms with Crippen molar-refractivity contribution in [2.75, 3.05) is 13.2 Å². The van der Waals surface area contributed by atoms with Gasteiger partial charge in [-0.3, -0.25) is 4.68 Å². The third kappa shape index (κ3) is 4.14. The van der Waals surface area contributed by atoms with Crippen molar-refractivity contribution in [2.45, 2.75) is 72.6 Å². The molecule has 0 aromatic carbocycles. The fourth-order valence-corrected chi connectivity index (χ4v) is 2.97. The lowest BCUT2D eigenvalue weighted by molar-refractivity contribution is 0.0204. The smallest absolute Gasteiger partial charge is 0.410 e. The van der Waals surface area contributed by atoms with E-state index >= 15 is 0 Å². The molecule has 1 amide bonds. The van der Waals surface area contributed by atoms with Crippen LogP contribution in [-0.2, 0) is 16.0 Å². The number of rotatable bonds is 3. The molecule has 0 saturated heterocycles. The van der Waals surface area contributed by atoms with E-state index in [1.165, 1.54) is 0 Å². The van der Waals surface area contributed by atoms with Crippen LogP contribution in [0.2, 0.25) is 0 Å². The highest BCUT2D eigenvalue weighted by Crippen LogP contribution is 2.32. The van der Waals surface area contributed by atoms with Gasteiger partial charge in [0.15, 0.2) is 5.69 Å². The van der Waals surface area contributed by atoms with Crippen molar-refractivity contribution in [2.24, 2.45) is 0 Å². The molecule has 2 heterocycles. The van der Waals surface area contributed by atoms with E-state index in [4.69, 9.17) is 9.47 Å². The zero-order valence-electron chi connectivity index (χ0n) is 16.3. The molecule has 7 nitrogen and oxygen atoms in total. The van der Waals surface area contributed by atoms with Crippen LogP contribution in [0.25, 0.3) is 0 Å². The largest absolute Gasteiger partial charge is 0.461 e. The Kier molecular flexibility index (Phi) is 5.44. The van der Waals surface area contributed by atoms with Crippen molar-refractivity contribution in [1.82, 2.24) is 14.7 Å². The van der Waals surface area contributed by atoms with Crippen molar-refractivity contribution in [3.63, 3.8) is 0 Å². The minimum absolute atomic E-state index is 0.0180. The molecule has 0 saturated carbocycles. The molecule has 1 aliphatic heterocycles. The van der Waals surface area contributed by atoms with Crippen molar-refractivity contribution in [3.8, 4) is 0 Å². The molecule has 0 aliphatic carbocycles. The number of amides is 1. The highest BCUT2D eigenvalue weighted by atomic mass is 16.6. The van der Waals surface area contributed by atoms with Crippen LogP contribution in [0, 0.1) is 0 Å². The number of hydrogen-bond acceptors (Lipinski definition) is 5. The monoisotopic (exact) mass is 351 g/mol. The molecule has 1 aliphatic rings. The Hall–Kier alpha value is -2.05. The number of aromatic nitrogens is 2. The van der Waals surface area contributed by atoms with Crippen molar-refractivity contribution in [3.05, 3.63) is 17.0 Å². The topological polar surface area (TPSA) is 73.7 Å². The van der Waals surface area contributed by atoms with Crippen molar-refractivity contribution in [1.29, 1.82) is 0 Å². The highest BCUT2D eigenvalue weighted by Gasteiger charge is 2.36. The number of hydrogen-bond donors (Lipinski definition) is 0. The zero-order chi connectivity index (χ0) is 18.9. The summed E-state index contributed by atoms with van der Waals surface area (Å²) in [6.07, 6.45) is -0.378. The predicted octanol–water partition coefficient (Wildman–Crippen LogP) is 3.49. The first kappa shape index (κ1) is 19.3. The highest BCUT2D eigenvalue weighted by molar-refractivity contribution is 5.90. The summed E-state index contributed by atoms with van der Waals surface area (Å²) in [5, 5.41) is 4.64. The van der Waals surface area contributed by atoms with E-state index in [9.17, 15) is 9.59 Å². The molecule has 25 heavy (non-hydrogen) atoms. The minimum Gasteiger partial charge on any atom is -0.461 e. The number of nitrogens with zero attached hydrogens (tertiary/aromatic N) is 3. The van der Waals surface area contributed by atoms with E-state index < -0.39 is 11.6 Å². The lowest BCUT2D eigenvalue weighted by Gasteiger charge is -2.32. The summed E-state index contributed by atoms with van der Waals surface area (Å²) in [5.41, 5.74) is 1.49. The fourth-order valence-electron chi connectivity index (χ4n) is 2.97. The standard InChI is InChI=1S/C18H29N3O4/c1-8-24-16(22)15-13-10-20(17(23)25-18(5,6)7)9-12(4)14(13)19-21(15)11(2)3/h11-12H,8-10H2,1-7H3/t12-/m0/s1. The molecule has 0 fully saturated rings. The molecule has 0 bridgehead atoms. The van der Waals surface area contributed by atoms with Crippen LogP contribution in [0.15, 0.2) is 0 Å². The van der Waals surface area contributed by atoms with Crippen LogP contribution in [0.5, 0.6) is 0 Å². The van der Waals surface area contributed by atoms with Gasteiger partial charge in [-0.05, 0) is 41.5 Å². The molecular formula is C18H29N3O4. The third-order valence-corrected chi connectivity index (χ3v) is 3.96. The minimum atomic E-state index is -0.563. The van der Waals surface area contributed by atoms with Gasteiger partial charge in [-0.1, -0.05) is 6.92 Å². The van der Waals surface area contributed by atoms with Gasteiger partial charge >= 0.3 is 12.1 Å². The fraction of sp³-hybridized carbons (Fsp3) is 0.722. The van der Waals surface area contributed by atoms with E-state index in [1.807, 2.05) is 41.5 Å². The van der Waals surface area contributed by atoms with Crippen molar-refractivity contribution >= 4 is 12.1 Å². The lowest BCUT2D eigenvalue weighted by atomic mass is 9.96. The second-order valence-electron chi connectivity index (χ2n) is 7.73. The van der Waals surface area contributed by atoms with Gasteiger partial charge in [-0.25, -0.2) is 9.59 Å². The summed E-state index contributed by atoms with van der Waals surface area (Å²) in [7, 11) is 0. The van der Waals surface area contributed by atoms with Crippen LogP contribution < -0.4 is 0 Å². The summed E-state index contributed by atoms with van der Waals surface area (Å²) < 4.78 is 12.4. The number of esters is 1. The number of carbonyl (C=O) groups excluding carboxylic acids is 2. The van der Waals surface area contributed by atoms with Crippen molar-refractivity contribution < 1.29 is 19.1 Å². The summed E-state index contributed by atoms with van der Waals surface area (Å²) >= 11 is 0. The lowest BCUT2D eigenvalue weighted by Crippen LogP contribution is -2.41. The molecule has 1 atom stereocenters. The Labute approximate surface area is 149 Å². The maximum absolute atomic E-state index is 12.5. The Morgan fingerprint density at radius 3 is 2.48 bits per heavy atom. The molecule has 0 spiro atoms. The quantitative estimate of drug-likeness (QED) is 0.779. The van der Waals surface area contributed by atoms with Gasteiger partial charge < -0.3 is 14.4 Å². The molecule has 0 unspecified atom stereocenters. The third-order valence-electron chi connectivity index (χ3n) is 3.96. The average Bonchev–Trinajstić information content (AvgIpc) is 2.86. The van der Waals surface area contributed by atoms with Gasteiger partial charge in [-0.2, -0.15) is 5.10 Å². The molecule has 1 aromatic rings. The van der Waals surface area contributed by atoms with Gasteiger partial charge in [0.1, 0.15) is 5.60 Å². The van der Waals surface area contributed by atoms with E-state index in [-0.39, 0.29) is 18.1 Å². The SMILES string of the molecule is CCOC(=O)c1c2c(nn1C(C)C)[C@@H](C)CN(C(=O)OC(C)(C)C)C2. The summed E-state index contributed by atoms with van der Waals surface area (Å²) in [6.45, 7) is 14.3. The first-order chi connectivity index (χ1) is 11.5. The normalized spacial score (nSPS) is 17.4. The maximum Gasteiger partial charge on any atom is 0.410 e. The first-order valence-electron chi connectivity index (χ1n) is 8.81. The van der Waals surface area contributed by atoms with E-state index in [0.717, 1.165) is 11.3 Å². The van der Waals surface area contributed by atoms with Crippen LogP contribution in [0.4, 0.5) is 4.79 Å². The Bertz CT molecular complexity index is 658. The van der Waals surface area contributed by atoms with Gasteiger partial charge in [0.05, 0.1) is 18.8 Å². The van der Waals surface area contributed by atoms with E-state index in [0.29, 0.717) is 25.4 Å². The molecule has 1 aromatic heterocycles. The summed E-state index contributed by atoms with van der Waals surface area (Å²) in [6, 6.07) is 0.0205.